The van der Waals surface area contributed by atoms with Crippen molar-refractivity contribution in [2.24, 2.45) is 0 Å². The number of nitrogens with one attached hydrogen (secondary N) is 1. The molecular weight excluding hydrogens is 426 g/mol. The smallest absolute Gasteiger partial charge is 0.387 e. The molecule has 2 aromatic heterocycles. The maximum absolute atomic E-state index is 12.6. The summed E-state index contributed by atoms with van der Waals surface area (Å²) in [4.78, 5) is 15.9. The van der Waals surface area contributed by atoms with Gasteiger partial charge < -0.3 is 19.2 Å². The summed E-state index contributed by atoms with van der Waals surface area (Å²) in [6.45, 7) is 1.72. The first kappa shape index (κ1) is 21.5. The number of benzene rings is 1. The molecule has 0 bridgehead atoms. The normalized spacial score (nSPS) is 15.7. The minimum atomic E-state index is -2.87. The number of hydrogen-bond acceptors (Lipinski definition) is 6. The minimum Gasteiger partial charge on any atom is -0.459 e. The lowest BCUT2D eigenvalue weighted by molar-refractivity contribution is -0.0498. The van der Waals surface area contributed by atoms with E-state index in [-0.39, 0.29) is 23.5 Å². The van der Waals surface area contributed by atoms with Gasteiger partial charge in [-0.3, -0.25) is 9.69 Å². The predicted octanol–water partition coefficient (Wildman–Crippen LogP) is 4.92. The molecule has 31 heavy (non-hydrogen) atoms. The van der Waals surface area contributed by atoms with E-state index in [2.05, 4.69) is 15.0 Å². The van der Waals surface area contributed by atoms with Crippen molar-refractivity contribution in [3.63, 3.8) is 0 Å². The number of alkyl halides is 2. The molecule has 1 fully saturated rings. The Morgan fingerprint density at radius 3 is 2.58 bits per heavy atom. The van der Waals surface area contributed by atoms with Gasteiger partial charge in [-0.25, -0.2) is 0 Å². The standard InChI is InChI=1S/C22H22F2N2O4S/c1-14-13-17(21(31-14)25-20(27)18-3-2-10-29-18)19(26-8-11-28-12-9-26)15-4-6-16(7-5-15)30-22(23)24/h2-7,10,13,19,22H,8-9,11-12H2,1H3,(H,25,27). The van der Waals surface area contributed by atoms with Gasteiger partial charge in [0.25, 0.3) is 5.91 Å². The second-order valence-corrected chi connectivity index (χ2v) is 8.33. The number of rotatable bonds is 7. The Morgan fingerprint density at radius 2 is 1.94 bits per heavy atom. The molecular formula is C22H22F2N2O4S. The lowest BCUT2D eigenvalue weighted by atomic mass is 9.97. The average Bonchev–Trinajstić information content (AvgIpc) is 3.40. The molecule has 0 aliphatic carbocycles. The molecule has 3 aromatic rings. The van der Waals surface area contributed by atoms with E-state index in [9.17, 15) is 13.6 Å². The summed E-state index contributed by atoms with van der Waals surface area (Å²) in [6.07, 6.45) is 1.45. The summed E-state index contributed by atoms with van der Waals surface area (Å²) < 4.78 is 40.3. The van der Waals surface area contributed by atoms with Gasteiger partial charge in [0.1, 0.15) is 10.8 Å². The Labute approximate surface area is 182 Å². The van der Waals surface area contributed by atoms with Crippen LogP contribution >= 0.6 is 11.3 Å². The molecule has 1 N–H and O–H groups in total. The van der Waals surface area contributed by atoms with Crippen molar-refractivity contribution in [3.05, 3.63) is 70.5 Å². The Morgan fingerprint density at radius 1 is 1.19 bits per heavy atom. The van der Waals surface area contributed by atoms with Crippen LogP contribution in [0.5, 0.6) is 5.75 Å². The van der Waals surface area contributed by atoms with Crippen molar-refractivity contribution in [2.45, 2.75) is 19.6 Å². The number of halogens is 2. The first-order chi connectivity index (χ1) is 15.0. The van der Waals surface area contributed by atoms with Crippen LogP contribution < -0.4 is 10.1 Å². The van der Waals surface area contributed by atoms with Crippen molar-refractivity contribution >= 4 is 22.2 Å². The van der Waals surface area contributed by atoms with Crippen LogP contribution in [-0.2, 0) is 4.74 Å². The molecule has 1 atom stereocenters. The quantitative estimate of drug-likeness (QED) is 0.556. The van der Waals surface area contributed by atoms with E-state index in [1.54, 1.807) is 24.3 Å². The topological polar surface area (TPSA) is 63.9 Å². The maximum Gasteiger partial charge on any atom is 0.387 e. The van der Waals surface area contributed by atoms with E-state index in [0.29, 0.717) is 26.3 Å². The number of thiophene rings is 1. The van der Waals surface area contributed by atoms with Gasteiger partial charge >= 0.3 is 6.61 Å². The van der Waals surface area contributed by atoms with Gasteiger partial charge in [-0.15, -0.1) is 11.3 Å². The van der Waals surface area contributed by atoms with Gasteiger partial charge in [-0.05, 0) is 42.8 Å². The number of anilines is 1. The van der Waals surface area contributed by atoms with Crippen LogP contribution in [0.2, 0.25) is 0 Å². The summed E-state index contributed by atoms with van der Waals surface area (Å²) in [5.74, 6) is 0.00950. The first-order valence-electron chi connectivity index (χ1n) is 9.83. The highest BCUT2D eigenvalue weighted by Crippen LogP contribution is 2.40. The van der Waals surface area contributed by atoms with Crippen LogP contribution in [0.4, 0.5) is 13.8 Å². The van der Waals surface area contributed by atoms with Crippen molar-refractivity contribution in [2.75, 3.05) is 31.6 Å². The predicted molar refractivity (Wildman–Crippen MR) is 113 cm³/mol. The number of carbonyl (C=O) groups is 1. The number of nitrogens with zero attached hydrogens (tertiary/aromatic N) is 1. The first-order valence-corrected chi connectivity index (χ1v) is 10.6. The monoisotopic (exact) mass is 448 g/mol. The summed E-state index contributed by atoms with van der Waals surface area (Å²) in [5.41, 5.74) is 1.85. The molecule has 9 heteroatoms. The van der Waals surface area contributed by atoms with Gasteiger partial charge in [0, 0.05) is 23.5 Å². The van der Waals surface area contributed by atoms with Crippen LogP contribution in [0.1, 0.15) is 32.6 Å². The Kier molecular flexibility index (Phi) is 6.64. The molecule has 3 heterocycles. The van der Waals surface area contributed by atoms with Crippen LogP contribution in [-0.4, -0.2) is 43.7 Å². The summed E-state index contributed by atoms with van der Waals surface area (Å²) >= 11 is 1.48. The summed E-state index contributed by atoms with van der Waals surface area (Å²) in [7, 11) is 0. The number of ether oxygens (including phenoxy) is 2. The molecule has 1 amide bonds. The number of aryl methyl sites for hydroxylation is 1. The highest BCUT2D eigenvalue weighted by Gasteiger charge is 2.28. The number of carbonyl (C=O) groups excluding carboxylic acids is 1. The number of amides is 1. The van der Waals surface area contributed by atoms with Crippen molar-refractivity contribution in [1.29, 1.82) is 0 Å². The van der Waals surface area contributed by atoms with Gasteiger partial charge in [-0.2, -0.15) is 8.78 Å². The zero-order chi connectivity index (χ0) is 21.8. The molecule has 1 aliphatic rings. The van der Waals surface area contributed by atoms with Crippen molar-refractivity contribution < 1.29 is 27.5 Å². The lowest BCUT2D eigenvalue weighted by Gasteiger charge is -2.35. The molecule has 4 rings (SSSR count). The van der Waals surface area contributed by atoms with Crippen LogP contribution in [0.15, 0.2) is 53.1 Å². The third-order valence-electron chi connectivity index (χ3n) is 4.98. The van der Waals surface area contributed by atoms with Gasteiger partial charge in [-0.1, -0.05) is 12.1 Å². The Bertz CT molecular complexity index is 999. The molecule has 0 radical (unpaired) electrons. The van der Waals surface area contributed by atoms with Crippen molar-refractivity contribution in [3.8, 4) is 5.75 Å². The highest BCUT2D eigenvalue weighted by atomic mass is 32.1. The molecule has 164 valence electrons. The number of morpholine rings is 1. The second-order valence-electron chi connectivity index (χ2n) is 7.07. The van der Waals surface area contributed by atoms with E-state index in [1.165, 1.54) is 29.7 Å². The van der Waals surface area contributed by atoms with Crippen molar-refractivity contribution in [1.82, 2.24) is 4.90 Å². The lowest BCUT2D eigenvalue weighted by Crippen LogP contribution is -2.39. The van der Waals surface area contributed by atoms with Crippen LogP contribution in [0, 0.1) is 6.92 Å². The fourth-order valence-corrected chi connectivity index (χ4v) is 4.60. The van der Waals surface area contributed by atoms with E-state index in [0.717, 1.165) is 21.0 Å². The highest BCUT2D eigenvalue weighted by molar-refractivity contribution is 7.16. The van der Waals surface area contributed by atoms with Crippen LogP contribution in [0.3, 0.4) is 0 Å². The van der Waals surface area contributed by atoms with Gasteiger partial charge in [0.2, 0.25) is 0 Å². The third kappa shape index (κ3) is 5.12. The molecule has 1 aromatic carbocycles. The van der Waals surface area contributed by atoms with Gasteiger partial charge in [0.05, 0.1) is 25.5 Å². The van der Waals surface area contributed by atoms with E-state index >= 15 is 0 Å². The minimum absolute atomic E-state index is 0.104. The molecule has 0 spiro atoms. The molecule has 6 nitrogen and oxygen atoms in total. The van der Waals surface area contributed by atoms with Crippen LogP contribution in [0.25, 0.3) is 0 Å². The number of furan rings is 1. The zero-order valence-corrected chi connectivity index (χ0v) is 17.7. The Hall–Kier alpha value is -2.75. The average molecular weight is 448 g/mol. The molecule has 1 unspecified atom stereocenters. The third-order valence-corrected chi connectivity index (χ3v) is 5.96. The zero-order valence-electron chi connectivity index (χ0n) is 16.8. The molecule has 0 saturated carbocycles. The molecule has 1 saturated heterocycles. The SMILES string of the molecule is Cc1cc(C(c2ccc(OC(F)F)cc2)N2CCOCC2)c(NC(=O)c2ccco2)s1. The summed E-state index contributed by atoms with van der Waals surface area (Å²) in [6, 6.07) is 11.8. The molecule has 1 aliphatic heterocycles. The Balaban J connectivity index is 1.68. The van der Waals surface area contributed by atoms with E-state index < -0.39 is 6.61 Å². The second kappa shape index (κ2) is 9.59. The fourth-order valence-electron chi connectivity index (χ4n) is 3.66. The maximum atomic E-state index is 12.6. The van der Waals surface area contributed by atoms with E-state index in [1.807, 2.05) is 13.0 Å². The van der Waals surface area contributed by atoms with Gasteiger partial charge in [0.15, 0.2) is 5.76 Å². The summed E-state index contributed by atoms with van der Waals surface area (Å²) in [5, 5.41) is 3.69. The van der Waals surface area contributed by atoms with E-state index in [4.69, 9.17) is 9.15 Å². The largest absolute Gasteiger partial charge is 0.459 e. The fraction of sp³-hybridized carbons (Fsp3) is 0.318. The number of hydrogen-bond donors (Lipinski definition) is 1.